The first-order valence-corrected chi connectivity index (χ1v) is 12.4. The van der Waals surface area contributed by atoms with Gasteiger partial charge in [-0.15, -0.1) is 0 Å². The number of H-pyrrole nitrogens is 2. The lowest BCUT2D eigenvalue weighted by Crippen LogP contribution is -2.25. The zero-order valence-electron chi connectivity index (χ0n) is 20.9. The average Bonchev–Trinajstić information content (AvgIpc) is 3.63. The van der Waals surface area contributed by atoms with Gasteiger partial charge in [0.15, 0.2) is 11.6 Å². The van der Waals surface area contributed by atoms with E-state index in [1.165, 1.54) is 23.8 Å². The molecule has 0 fully saturated rings. The number of rotatable bonds is 6. The third-order valence-electron chi connectivity index (χ3n) is 7.31. The van der Waals surface area contributed by atoms with Crippen molar-refractivity contribution in [2.24, 2.45) is 0 Å². The van der Waals surface area contributed by atoms with E-state index in [2.05, 4.69) is 47.0 Å². The van der Waals surface area contributed by atoms with E-state index in [4.69, 9.17) is 9.47 Å². The van der Waals surface area contributed by atoms with Crippen molar-refractivity contribution in [1.82, 2.24) is 15.0 Å². The summed E-state index contributed by atoms with van der Waals surface area (Å²) in [7, 11) is 0. The Morgan fingerprint density at radius 2 is 1.97 bits per heavy atom. The Morgan fingerprint density at radius 1 is 1.11 bits per heavy atom. The number of nitrogens with one attached hydrogen (secondary N) is 2. The molecule has 1 aliphatic rings. The Labute approximate surface area is 213 Å². The minimum Gasteiger partial charge on any atom is -0.492 e. The summed E-state index contributed by atoms with van der Waals surface area (Å²) >= 11 is 0. The Balaban J connectivity index is 1.34. The molecule has 1 atom stereocenters. The van der Waals surface area contributed by atoms with Crippen LogP contribution in [0.1, 0.15) is 42.7 Å². The standard InChI is InChI=1S/C30H27F2N3O2/c1-4-6-18-7-5-8-22-28(18)36-16-30(22,3)26-15-34-29(35-26)21-13-19(9-10-23(21)31)37-27-17(2)20-11-12-33-25(20)14-24(27)32/h5,7-15,33H,4,6,16H2,1-3H3,(H,34,35). The molecule has 0 radical (unpaired) electrons. The van der Waals surface area contributed by atoms with Gasteiger partial charge >= 0.3 is 0 Å². The number of aryl methyl sites for hydroxylation is 2. The Kier molecular flexibility index (Phi) is 5.51. The highest BCUT2D eigenvalue weighted by Crippen LogP contribution is 2.45. The predicted octanol–water partition coefficient (Wildman–Crippen LogP) is 7.59. The number of hydrogen-bond acceptors (Lipinski definition) is 3. The lowest BCUT2D eigenvalue weighted by atomic mass is 9.81. The van der Waals surface area contributed by atoms with Crippen LogP contribution < -0.4 is 9.47 Å². The summed E-state index contributed by atoms with van der Waals surface area (Å²) in [5, 5.41) is 0.865. The molecule has 37 heavy (non-hydrogen) atoms. The third-order valence-corrected chi connectivity index (χ3v) is 7.31. The fourth-order valence-electron chi connectivity index (χ4n) is 5.23. The first kappa shape index (κ1) is 23.3. The van der Waals surface area contributed by atoms with Crippen molar-refractivity contribution >= 4 is 10.9 Å². The lowest BCUT2D eigenvalue weighted by molar-refractivity contribution is 0.298. The van der Waals surface area contributed by atoms with E-state index in [0.717, 1.165) is 35.2 Å². The number of nitrogens with zero attached hydrogens (tertiary/aromatic N) is 1. The first-order chi connectivity index (χ1) is 17.9. The summed E-state index contributed by atoms with van der Waals surface area (Å²) in [6, 6.07) is 13.8. The zero-order chi connectivity index (χ0) is 25.7. The summed E-state index contributed by atoms with van der Waals surface area (Å²) in [5.74, 6) is 0.784. The summed E-state index contributed by atoms with van der Waals surface area (Å²) in [6.45, 7) is 6.52. The molecule has 3 aromatic carbocycles. The lowest BCUT2D eigenvalue weighted by Gasteiger charge is -2.21. The number of imidazole rings is 1. The van der Waals surface area contributed by atoms with Gasteiger partial charge in [-0.05, 0) is 50.1 Å². The summed E-state index contributed by atoms with van der Waals surface area (Å²) < 4.78 is 41.8. The number of benzene rings is 3. The topological polar surface area (TPSA) is 62.9 Å². The van der Waals surface area contributed by atoms with Gasteiger partial charge in [0.2, 0.25) is 0 Å². The number of aromatic nitrogens is 3. The van der Waals surface area contributed by atoms with Gasteiger partial charge in [0.1, 0.15) is 29.7 Å². The van der Waals surface area contributed by atoms with Gasteiger partial charge in [-0.1, -0.05) is 31.5 Å². The summed E-state index contributed by atoms with van der Waals surface area (Å²) in [5.41, 5.74) is 4.28. The molecule has 3 heterocycles. The smallest absolute Gasteiger partial charge is 0.168 e. The molecule has 5 nitrogen and oxygen atoms in total. The molecule has 1 aliphatic heterocycles. The molecule has 0 aliphatic carbocycles. The van der Waals surface area contributed by atoms with Crippen molar-refractivity contribution in [1.29, 1.82) is 0 Å². The fourth-order valence-corrected chi connectivity index (χ4v) is 5.23. The van der Waals surface area contributed by atoms with Gasteiger partial charge in [0, 0.05) is 46.2 Å². The number of ether oxygens (including phenoxy) is 2. The Bertz CT molecular complexity index is 1640. The fraction of sp³-hybridized carbons (Fsp3) is 0.233. The number of para-hydroxylation sites is 1. The molecule has 6 rings (SSSR count). The van der Waals surface area contributed by atoms with Crippen LogP contribution in [0.3, 0.4) is 0 Å². The van der Waals surface area contributed by atoms with E-state index in [9.17, 15) is 8.78 Å². The maximum Gasteiger partial charge on any atom is 0.168 e. The number of halogens is 2. The number of hydrogen-bond donors (Lipinski definition) is 2. The molecule has 0 amide bonds. The second kappa shape index (κ2) is 8.76. The van der Waals surface area contributed by atoms with Crippen LogP contribution in [0.5, 0.6) is 17.2 Å². The molecule has 0 saturated carbocycles. The van der Waals surface area contributed by atoms with Gasteiger partial charge in [0.05, 0.1) is 11.0 Å². The molecule has 1 unspecified atom stereocenters. The van der Waals surface area contributed by atoms with Crippen molar-refractivity contribution in [2.45, 2.75) is 39.0 Å². The maximum atomic E-state index is 15.0. The van der Waals surface area contributed by atoms with E-state index in [-0.39, 0.29) is 11.3 Å². The van der Waals surface area contributed by atoms with Crippen LogP contribution >= 0.6 is 0 Å². The van der Waals surface area contributed by atoms with Gasteiger partial charge in [-0.2, -0.15) is 0 Å². The van der Waals surface area contributed by atoms with Crippen molar-refractivity contribution in [3.8, 4) is 28.6 Å². The normalized spacial score (nSPS) is 16.7. The molecule has 2 N–H and O–H groups in total. The SMILES string of the molecule is CCCc1cccc2c1OCC2(C)c1cnc(-c2cc(Oc3c(F)cc4[nH]ccc4c3C)ccc2F)[nH]1. The highest BCUT2D eigenvalue weighted by Gasteiger charge is 2.40. The molecule has 2 aromatic heterocycles. The highest BCUT2D eigenvalue weighted by atomic mass is 19.1. The van der Waals surface area contributed by atoms with Crippen LogP contribution in [0.2, 0.25) is 0 Å². The molecule has 0 saturated heterocycles. The van der Waals surface area contributed by atoms with Crippen LogP contribution in [-0.4, -0.2) is 21.6 Å². The summed E-state index contributed by atoms with van der Waals surface area (Å²) in [4.78, 5) is 10.8. The van der Waals surface area contributed by atoms with E-state index in [1.54, 1.807) is 25.4 Å². The quantitative estimate of drug-likeness (QED) is 0.253. The number of aromatic amines is 2. The van der Waals surface area contributed by atoms with Gasteiger partial charge in [0.25, 0.3) is 0 Å². The zero-order valence-corrected chi connectivity index (χ0v) is 20.9. The minimum atomic E-state index is -0.492. The van der Waals surface area contributed by atoms with Crippen LogP contribution in [-0.2, 0) is 11.8 Å². The van der Waals surface area contributed by atoms with Gasteiger partial charge < -0.3 is 19.4 Å². The molecule has 7 heteroatoms. The van der Waals surface area contributed by atoms with Gasteiger partial charge in [-0.25, -0.2) is 13.8 Å². The van der Waals surface area contributed by atoms with Crippen molar-refractivity contribution in [2.75, 3.05) is 6.61 Å². The average molecular weight is 500 g/mol. The third kappa shape index (κ3) is 3.77. The van der Waals surface area contributed by atoms with Crippen LogP contribution in [0.4, 0.5) is 8.78 Å². The molecular weight excluding hydrogens is 472 g/mol. The molecule has 0 spiro atoms. The molecule has 0 bridgehead atoms. The van der Waals surface area contributed by atoms with Gasteiger partial charge in [-0.3, -0.25) is 0 Å². The molecule has 5 aromatic rings. The maximum absolute atomic E-state index is 15.0. The molecule has 188 valence electrons. The van der Waals surface area contributed by atoms with Crippen LogP contribution in [0, 0.1) is 18.6 Å². The summed E-state index contributed by atoms with van der Waals surface area (Å²) in [6.07, 6.45) is 5.47. The predicted molar refractivity (Wildman–Crippen MR) is 139 cm³/mol. The van der Waals surface area contributed by atoms with E-state index < -0.39 is 17.0 Å². The van der Waals surface area contributed by atoms with Crippen molar-refractivity contribution < 1.29 is 18.3 Å². The van der Waals surface area contributed by atoms with E-state index in [1.807, 2.05) is 6.07 Å². The second-order valence-electron chi connectivity index (χ2n) is 9.81. The van der Waals surface area contributed by atoms with E-state index in [0.29, 0.717) is 29.3 Å². The van der Waals surface area contributed by atoms with Crippen LogP contribution in [0.15, 0.2) is 60.9 Å². The largest absolute Gasteiger partial charge is 0.492 e. The van der Waals surface area contributed by atoms with Crippen molar-refractivity contribution in [3.63, 3.8) is 0 Å². The Hall–Kier alpha value is -4.13. The Morgan fingerprint density at radius 3 is 2.81 bits per heavy atom. The monoisotopic (exact) mass is 499 g/mol. The first-order valence-electron chi connectivity index (χ1n) is 12.4. The minimum absolute atomic E-state index is 0.111. The second-order valence-corrected chi connectivity index (χ2v) is 9.81. The van der Waals surface area contributed by atoms with Crippen molar-refractivity contribution in [3.05, 3.63) is 94.9 Å². The van der Waals surface area contributed by atoms with Crippen LogP contribution in [0.25, 0.3) is 22.3 Å². The van der Waals surface area contributed by atoms with E-state index >= 15 is 0 Å². The highest BCUT2D eigenvalue weighted by molar-refractivity contribution is 5.85. The number of fused-ring (bicyclic) bond motifs is 2. The molecular formula is C30H27F2N3O2.